The summed E-state index contributed by atoms with van der Waals surface area (Å²) < 4.78 is 0. The molecule has 1 saturated heterocycles. The van der Waals surface area contributed by atoms with Gasteiger partial charge in [0, 0.05) is 27.5 Å². The van der Waals surface area contributed by atoms with Crippen LogP contribution in [0.3, 0.4) is 0 Å². The predicted octanol–water partition coefficient (Wildman–Crippen LogP) is 4.16. The summed E-state index contributed by atoms with van der Waals surface area (Å²) in [5, 5.41) is 2.27. The zero-order valence-electron chi connectivity index (χ0n) is 12.1. The molecule has 0 aromatic heterocycles. The molecular formula is C15H29NS2. The molecule has 0 amide bonds. The van der Waals surface area contributed by atoms with Crippen LogP contribution in [0.15, 0.2) is 0 Å². The summed E-state index contributed by atoms with van der Waals surface area (Å²) in [6.45, 7) is 7.06. The quantitative estimate of drug-likeness (QED) is 0.844. The molecule has 1 saturated carbocycles. The van der Waals surface area contributed by atoms with Crippen molar-refractivity contribution in [1.29, 1.82) is 0 Å². The van der Waals surface area contributed by atoms with Gasteiger partial charge in [-0.15, -0.1) is 0 Å². The SMILES string of the molecule is CCC1CCC(C(N)C2CSC(C)C(C)S2)CC1. The van der Waals surface area contributed by atoms with Crippen LogP contribution in [-0.4, -0.2) is 27.5 Å². The molecule has 3 heteroatoms. The van der Waals surface area contributed by atoms with Gasteiger partial charge in [-0.05, 0) is 24.7 Å². The molecule has 18 heavy (non-hydrogen) atoms. The summed E-state index contributed by atoms with van der Waals surface area (Å²) in [5.41, 5.74) is 6.58. The van der Waals surface area contributed by atoms with Gasteiger partial charge in [0.1, 0.15) is 0 Å². The fourth-order valence-corrected chi connectivity index (χ4v) is 6.44. The topological polar surface area (TPSA) is 26.0 Å². The molecule has 106 valence electrons. The van der Waals surface area contributed by atoms with E-state index in [9.17, 15) is 0 Å². The van der Waals surface area contributed by atoms with Crippen LogP contribution in [0, 0.1) is 11.8 Å². The first kappa shape index (κ1) is 15.1. The average Bonchev–Trinajstić information content (AvgIpc) is 2.41. The smallest absolute Gasteiger partial charge is 0.0295 e. The molecule has 1 nitrogen and oxygen atoms in total. The van der Waals surface area contributed by atoms with E-state index in [1.807, 2.05) is 0 Å². The molecule has 0 radical (unpaired) electrons. The Bertz CT molecular complexity index is 251. The maximum atomic E-state index is 6.58. The van der Waals surface area contributed by atoms with Crippen molar-refractivity contribution in [3.8, 4) is 0 Å². The van der Waals surface area contributed by atoms with E-state index in [-0.39, 0.29) is 0 Å². The fourth-order valence-electron chi connectivity index (χ4n) is 3.29. The Morgan fingerprint density at radius 1 is 1.11 bits per heavy atom. The van der Waals surface area contributed by atoms with Crippen LogP contribution in [0.25, 0.3) is 0 Å². The highest BCUT2D eigenvalue weighted by molar-refractivity contribution is 8.07. The summed E-state index contributed by atoms with van der Waals surface area (Å²) in [4.78, 5) is 0. The van der Waals surface area contributed by atoms with Crippen molar-refractivity contribution in [1.82, 2.24) is 0 Å². The summed E-state index contributed by atoms with van der Waals surface area (Å²) in [7, 11) is 0. The normalized spacial score (nSPS) is 43.7. The van der Waals surface area contributed by atoms with Gasteiger partial charge in [0.2, 0.25) is 0 Å². The van der Waals surface area contributed by atoms with Crippen molar-refractivity contribution in [2.45, 2.75) is 74.7 Å². The van der Waals surface area contributed by atoms with E-state index in [2.05, 4.69) is 44.3 Å². The molecule has 1 heterocycles. The molecule has 1 aliphatic carbocycles. The van der Waals surface area contributed by atoms with Crippen LogP contribution < -0.4 is 5.73 Å². The molecule has 0 spiro atoms. The highest BCUT2D eigenvalue weighted by Crippen LogP contribution is 2.41. The van der Waals surface area contributed by atoms with Gasteiger partial charge < -0.3 is 5.73 Å². The van der Waals surface area contributed by atoms with E-state index in [4.69, 9.17) is 5.73 Å². The summed E-state index contributed by atoms with van der Waals surface area (Å²) in [6.07, 6.45) is 6.97. The minimum absolute atomic E-state index is 0.440. The number of rotatable bonds is 3. The van der Waals surface area contributed by atoms with Gasteiger partial charge in [0.05, 0.1) is 0 Å². The Labute approximate surface area is 121 Å². The van der Waals surface area contributed by atoms with Crippen molar-refractivity contribution in [3.63, 3.8) is 0 Å². The van der Waals surface area contributed by atoms with E-state index in [1.165, 1.54) is 37.9 Å². The second-order valence-corrected chi connectivity index (χ2v) is 9.22. The number of nitrogens with two attached hydrogens (primary N) is 1. The van der Waals surface area contributed by atoms with Crippen molar-refractivity contribution < 1.29 is 0 Å². The van der Waals surface area contributed by atoms with Crippen molar-refractivity contribution in [3.05, 3.63) is 0 Å². The van der Waals surface area contributed by atoms with E-state index in [0.717, 1.165) is 22.3 Å². The number of thioether (sulfide) groups is 2. The molecule has 2 N–H and O–H groups in total. The summed E-state index contributed by atoms with van der Waals surface area (Å²) >= 11 is 4.29. The van der Waals surface area contributed by atoms with Gasteiger partial charge in [-0.3, -0.25) is 0 Å². The lowest BCUT2D eigenvalue weighted by Gasteiger charge is -2.39. The monoisotopic (exact) mass is 287 g/mol. The minimum Gasteiger partial charge on any atom is -0.326 e. The van der Waals surface area contributed by atoms with Gasteiger partial charge in [-0.2, -0.15) is 23.5 Å². The van der Waals surface area contributed by atoms with Crippen molar-refractivity contribution in [2.24, 2.45) is 17.6 Å². The van der Waals surface area contributed by atoms with Crippen LogP contribution in [-0.2, 0) is 0 Å². The zero-order chi connectivity index (χ0) is 13.1. The van der Waals surface area contributed by atoms with E-state index in [1.54, 1.807) is 0 Å². The second kappa shape index (κ2) is 6.90. The lowest BCUT2D eigenvalue weighted by molar-refractivity contribution is 0.238. The Hall–Kier alpha value is 0.660. The maximum absolute atomic E-state index is 6.58. The fraction of sp³-hybridized carbons (Fsp3) is 1.00. The van der Waals surface area contributed by atoms with Crippen LogP contribution in [0.5, 0.6) is 0 Å². The molecule has 2 rings (SSSR count). The molecule has 0 aromatic carbocycles. The lowest BCUT2D eigenvalue weighted by Crippen LogP contribution is -2.45. The van der Waals surface area contributed by atoms with E-state index < -0.39 is 0 Å². The molecule has 0 bridgehead atoms. The molecular weight excluding hydrogens is 258 g/mol. The molecule has 4 unspecified atom stereocenters. The lowest BCUT2D eigenvalue weighted by atomic mass is 9.77. The third-order valence-corrected chi connectivity index (χ3v) is 8.55. The number of hydrogen-bond acceptors (Lipinski definition) is 3. The third kappa shape index (κ3) is 3.61. The first-order valence-corrected chi connectivity index (χ1v) is 9.63. The van der Waals surface area contributed by atoms with Crippen LogP contribution in [0.2, 0.25) is 0 Å². The molecule has 0 aromatic rings. The van der Waals surface area contributed by atoms with Gasteiger partial charge in [0.25, 0.3) is 0 Å². The van der Waals surface area contributed by atoms with Gasteiger partial charge >= 0.3 is 0 Å². The number of hydrogen-bond donors (Lipinski definition) is 1. The van der Waals surface area contributed by atoms with Crippen LogP contribution in [0.4, 0.5) is 0 Å². The van der Waals surface area contributed by atoms with Crippen LogP contribution in [0.1, 0.15) is 52.9 Å². The predicted molar refractivity (Wildman–Crippen MR) is 86.5 cm³/mol. The maximum Gasteiger partial charge on any atom is 0.0295 e. The van der Waals surface area contributed by atoms with Gasteiger partial charge in [-0.1, -0.05) is 40.0 Å². The van der Waals surface area contributed by atoms with Gasteiger partial charge in [0.15, 0.2) is 0 Å². The summed E-state index contributed by atoms with van der Waals surface area (Å²) in [5.74, 6) is 3.05. The second-order valence-electron chi connectivity index (χ2n) is 6.18. The Morgan fingerprint density at radius 3 is 2.33 bits per heavy atom. The first-order valence-electron chi connectivity index (χ1n) is 7.64. The zero-order valence-corrected chi connectivity index (χ0v) is 13.7. The van der Waals surface area contributed by atoms with E-state index >= 15 is 0 Å². The third-order valence-electron chi connectivity index (χ3n) is 5.02. The first-order chi connectivity index (χ1) is 8.61. The molecule has 2 fully saturated rings. The van der Waals surface area contributed by atoms with E-state index in [0.29, 0.717) is 11.3 Å². The largest absolute Gasteiger partial charge is 0.326 e. The Kier molecular flexibility index (Phi) is 5.77. The van der Waals surface area contributed by atoms with Crippen molar-refractivity contribution in [2.75, 3.05) is 5.75 Å². The Morgan fingerprint density at radius 2 is 1.78 bits per heavy atom. The molecule has 2 aliphatic rings. The minimum atomic E-state index is 0.440. The summed E-state index contributed by atoms with van der Waals surface area (Å²) in [6, 6.07) is 0.440. The molecule has 4 atom stereocenters. The Balaban J connectivity index is 1.82. The standard InChI is InChI=1S/C15H29NS2/c1-4-12-5-7-13(8-6-12)15(16)14-9-17-10(2)11(3)18-14/h10-15H,4-9,16H2,1-3H3. The highest BCUT2D eigenvalue weighted by atomic mass is 32.2. The van der Waals surface area contributed by atoms with Crippen molar-refractivity contribution >= 4 is 23.5 Å². The highest BCUT2D eigenvalue weighted by Gasteiger charge is 2.34. The molecule has 1 aliphatic heterocycles. The average molecular weight is 288 g/mol. The van der Waals surface area contributed by atoms with Gasteiger partial charge in [-0.25, -0.2) is 0 Å². The van der Waals surface area contributed by atoms with Crippen LogP contribution >= 0.6 is 23.5 Å².